The summed E-state index contributed by atoms with van der Waals surface area (Å²) in [6, 6.07) is 7.90. The zero-order chi connectivity index (χ0) is 20.8. The summed E-state index contributed by atoms with van der Waals surface area (Å²) in [6.07, 6.45) is 0. The number of rotatable bonds is 5. The third kappa shape index (κ3) is 5.24. The Morgan fingerprint density at radius 3 is 2.34 bits per heavy atom. The SMILES string of the molecule is COc1ccc(CN=C(NCc2nnc(C)n2C)N2CCN(C(C)=O)CC2)cc1. The molecule has 2 aromatic rings. The van der Waals surface area contributed by atoms with E-state index in [0.717, 1.165) is 42.0 Å². The quantitative estimate of drug-likeness (QED) is 0.595. The Labute approximate surface area is 171 Å². The normalized spacial score (nSPS) is 14.8. The standard InChI is InChI=1S/C20H29N7O2/c1-15-23-24-19(25(15)3)14-22-20(27-11-9-26(10-12-27)16(2)28)21-13-17-5-7-18(29-4)8-6-17/h5-8H,9-14H2,1-4H3,(H,21,22). The van der Waals surface area contributed by atoms with Crippen LogP contribution in [0.1, 0.15) is 24.1 Å². The van der Waals surface area contributed by atoms with E-state index in [-0.39, 0.29) is 5.91 Å². The predicted molar refractivity (Wildman–Crippen MR) is 111 cm³/mol. The minimum absolute atomic E-state index is 0.115. The molecule has 3 rings (SSSR count). The van der Waals surface area contributed by atoms with Gasteiger partial charge in [0, 0.05) is 40.2 Å². The maximum absolute atomic E-state index is 11.6. The van der Waals surface area contributed by atoms with E-state index in [0.29, 0.717) is 26.2 Å². The highest BCUT2D eigenvalue weighted by Gasteiger charge is 2.21. The third-order valence-corrected chi connectivity index (χ3v) is 5.18. The Hall–Kier alpha value is -3.10. The maximum Gasteiger partial charge on any atom is 0.219 e. The molecule has 0 saturated carbocycles. The minimum Gasteiger partial charge on any atom is -0.497 e. The monoisotopic (exact) mass is 399 g/mol. The molecule has 1 N–H and O–H groups in total. The average Bonchev–Trinajstić information content (AvgIpc) is 3.06. The van der Waals surface area contributed by atoms with Crippen LogP contribution in [0.5, 0.6) is 5.75 Å². The highest BCUT2D eigenvalue weighted by molar-refractivity contribution is 5.80. The number of aryl methyl sites for hydroxylation is 1. The van der Waals surface area contributed by atoms with Crippen molar-refractivity contribution in [3.63, 3.8) is 0 Å². The zero-order valence-corrected chi connectivity index (χ0v) is 17.6. The van der Waals surface area contributed by atoms with Gasteiger partial charge in [-0.2, -0.15) is 0 Å². The van der Waals surface area contributed by atoms with Gasteiger partial charge in [0.2, 0.25) is 5.91 Å². The Bertz CT molecular complexity index is 852. The first kappa shape index (κ1) is 20.6. The van der Waals surface area contributed by atoms with Gasteiger partial charge in [0.25, 0.3) is 0 Å². The van der Waals surface area contributed by atoms with Gasteiger partial charge in [-0.25, -0.2) is 4.99 Å². The lowest BCUT2D eigenvalue weighted by atomic mass is 10.2. The molecule has 1 fully saturated rings. The molecule has 0 radical (unpaired) electrons. The molecule has 156 valence electrons. The van der Waals surface area contributed by atoms with E-state index in [1.165, 1.54) is 0 Å². The van der Waals surface area contributed by atoms with Gasteiger partial charge in [0.1, 0.15) is 11.6 Å². The lowest BCUT2D eigenvalue weighted by Crippen LogP contribution is -2.53. The molecule has 29 heavy (non-hydrogen) atoms. The number of benzene rings is 1. The van der Waals surface area contributed by atoms with Gasteiger partial charge in [-0.15, -0.1) is 10.2 Å². The Kier molecular flexibility index (Phi) is 6.69. The van der Waals surface area contributed by atoms with Crippen molar-refractivity contribution in [1.82, 2.24) is 29.9 Å². The van der Waals surface area contributed by atoms with Gasteiger partial charge >= 0.3 is 0 Å². The average molecular weight is 399 g/mol. The summed E-state index contributed by atoms with van der Waals surface area (Å²) < 4.78 is 7.18. The van der Waals surface area contributed by atoms with Crippen LogP contribution >= 0.6 is 0 Å². The van der Waals surface area contributed by atoms with Crippen LogP contribution in [0.25, 0.3) is 0 Å². The molecule has 1 amide bonds. The number of hydrogen-bond acceptors (Lipinski definition) is 5. The van der Waals surface area contributed by atoms with Crippen molar-refractivity contribution in [1.29, 1.82) is 0 Å². The number of amides is 1. The molecule has 0 spiro atoms. The van der Waals surface area contributed by atoms with Crippen LogP contribution in [-0.4, -0.2) is 69.7 Å². The molecule has 9 heteroatoms. The van der Waals surface area contributed by atoms with Crippen molar-refractivity contribution in [2.45, 2.75) is 26.9 Å². The van der Waals surface area contributed by atoms with Crippen LogP contribution < -0.4 is 10.1 Å². The summed E-state index contributed by atoms with van der Waals surface area (Å²) in [5, 5.41) is 11.7. The molecule has 1 aliphatic rings. The van der Waals surface area contributed by atoms with Gasteiger partial charge in [0.05, 0.1) is 20.2 Å². The number of aromatic nitrogens is 3. The molecule has 2 heterocycles. The Balaban J connectivity index is 1.71. The van der Waals surface area contributed by atoms with Crippen molar-refractivity contribution in [3.05, 3.63) is 41.5 Å². The van der Waals surface area contributed by atoms with Crippen molar-refractivity contribution < 1.29 is 9.53 Å². The molecule has 1 saturated heterocycles. The molecular weight excluding hydrogens is 370 g/mol. The molecule has 0 unspecified atom stereocenters. The van der Waals surface area contributed by atoms with Crippen LogP contribution in [0.2, 0.25) is 0 Å². The van der Waals surface area contributed by atoms with Crippen LogP contribution in [0.15, 0.2) is 29.3 Å². The van der Waals surface area contributed by atoms with Crippen LogP contribution in [0.4, 0.5) is 0 Å². The van der Waals surface area contributed by atoms with E-state index in [1.807, 2.05) is 47.7 Å². The lowest BCUT2D eigenvalue weighted by molar-refractivity contribution is -0.130. The number of carbonyl (C=O) groups excluding carboxylic acids is 1. The van der Waals surface area contributed by atoms with E-state index in [1.54, 1.807) is 14.0 Å². The smallest absolute Gasteiger partial charge is 0.219 e. The van der Waals surface area contributed by atoms with Crippen molar-refractivity contribution >= 4 is 11.9 Å². The molecule has 0 aliphatic carbocycles. The second-order valence-corrected chi connectivity index (χ2v) is 7.06. The second-order valence-electron chi connectivity index (χ2n) is 7.06. The fourth-order valence-corrected chi connectivity index (χ4v) is 3.16. The van der Waals surface area contributed by atoms with Crippen LogP contribution in [0, 0.1) is 6.92 Å². The summed E-state index contributed by atoms with van der Waals surface area (Å²) in [5.41, 5.74) is 1.10. The third-order valence-electron chi connectivity index (χ3n) is 5.18. The van der Waals surface area contributed by atoms with Crippen molar-refractivity contribution in [2.75, 3.05) is 33.3 Å². The van der Waals surface area contributed by atoms with Gasteiger partial charge in [-0.1, -0.05) is 12.1 Å². The maximum atomic E-state index is 11.6. The Morgan fingerprint density at radius 2 is 1.79 bits per heavy atom. The number of hydrogen-bond donors (Lipinski definition) is 1. The van der Waals surface area contributed by atoms with E-state index in [2.05, 4.69) is 20.4 Å². The Morgan fingerprint density at radius 1 is 1.14 bits per heavy atom. The molecule has 0 atom stereocenters. The van der Waals surface area contributed by atoms with E-state index < -0.39 is 0 Å². The first-order chi connectivity index (χ1) is 14.0. The van der Waals surface area contributed by atoms with Crippen molar-refractivity contribution in [3.8, 4) is 5.75 Å². The number of ether oxygens (including phenoxy) is 1. The predicted octanol–water partition coefficient (Wildman–Crippen LogP) is 0.942. The fraction of sp³-hybridized carbons (Fsp3) is 0.500. The number of nitrogens with zero attached hydrogens (tertiary/aromatic N) is 6. The second kappa shape index (κ2) is 9.40. The number of piperazine rings is 1. The number of nitrogens with one attached hydrogen (secondary N) is 1. The van der Waals surface area contributed by atoms with Crippen LogP contribution in [0.3, 0.4) is 0 Å². The number of guanidine groups is 1. The van der Waals surface area contributed by atoms with Gasteiger partial charge in [0.15, 0.2) is 11.8 Å². The summed E-state index contributed by atoms with van der Waals surface area (Å²) in [4.78, 5) is 20.5. The molecule has 1 aliphatic heterocycles. The number of aliphatic imine (C=N–C) groups is 1. The number of carbonyl (C=O) groups is 1. The molecular formula is C20H29N7O2. The van der Waals surface area contributed by atoms with Crippen LogP contribution in [-0.2, 0) is 24.9 Å². The fourth-order valence-electron chi connectivity index (χ4n) is 3.16. The zero-order valence-electron chi connectivity index (χ0n) is 17.6. The van der Waals surface area contributed by atoms with E-state index >= 15 is 0 Å². The summed E-state index contributed by atoms with van der Waals surface area (Å²) in [7, 11) is 3.61. The summed E-state index contributed by atoms with van der Waals surface area (Å²) in [6.45, 7) is 7.50. The molecule has 1 aromatic heterocycles. The molecule has 9 nitrogen and oxygen atoms in total. The van der Waals surface area contributed by atoms with Gasteiger partial charge < -0.3 is 24.4 Å². The van der Waals surface area contributed by atoms with E-state index in [4.69, 9.17) is 9.73 Å². The van der Waals surface area contributed by atoms with Gasteiger partial charge in [-0.05, 0) is 24.6 Å². The topological polar surface area (TPSA) is 87.9 Å². The summed E-state index contributed by atoms with van der Waals surface area (Å²) in [5.74, 6) is 3.47. The number of methoxy groups -OCH3 is 1. The molecule has 1 aromatic carbocycles. The first-order valence-electron chi connectivity index (χ1n) is 9.74. The first-order valence-corrected chi connectivity index (χ1v) is 9.74. The van der Waals surface area contributed by atoms with Crippen molar-refractivity contribution in [2.24, 2.45) is 12.0 Å². The highest BCUT2D eigenvalue weighted by Crippen LogP contribution is 2.12. The largest absolute Gasteiger partial charge is 0.497 e. The van der Waals surface area contributed by atoms with Gasteiger partial charge in [-0.3, -0.25) is 4.79 Å². The van der Waals surface area contributed by atoms with E-state index in [9.17, 15) is 4.79 Å². The highest BCUT2D eigenvalue weighted by atomic mass is 16.5. The summed E-state index contributed by atoms with van der Waals surface area (Å²) >= 11 is 0. The molecule has 0 bridgehead atoms. The minimum atomic E-state index is 0.115. The lowest BCUT2D eigenvalue weighted by Gasteiger charge is -2.36.